The zero-order valence-corrected chi connectivity index (χ0v) is 12.3. The first-order chi connectivity index (χ1) is 9.40. The number of benzene rings is 2. The molecule has 0 aliphatic carbocycles. The van der Waals surface area contributed by atoms with E-state index in [1.807, 2.05) is 32.9 Å². The van der Waals surface area contributed by atoms with Crippen molar-refractivity contribution < 1.29 is 14.6 Å². The molecule has 20 heavy (non-hydrogen) atoms. The molecule has 0 atom stereocenters. The van der Waals surface area contributed by atoms with Crippen LogP contribution in [0, 0.1) is 20.8 Å². The highest BCUT2D eigenvalue weighted by Gasteiger charge is 2.15. The molecule has 3 nitrogen and oxygen atoms in total. The van der Waals surface area contributed by atoms with E-state index in [1.165, 1.54) is 18.2 Å². The summed E-state index contributed by atoms with van der Waals surface area (Å²) in [5.41, 5.74) is 3.12. The molecule has 0 aliphatic rings. The highest BCUT2D eigenvalue weighted by molar-refractivity contribution is 6.30. The summed E-state index contributed by atoms with van der Waals surface area (Å²) in [6.45, 7) is 5.85. The van der Waals surface area contributed by atoms with Gasteiger partial charge >= 0.3 is 5.97 Å². The van der Waals surface area contributed by atoms with Crippen molar-refractivity contribution in [1.82, 2.24) is 0 Å². The number of aromatic carboxylic acids is 1. The van der Waals surface area contributed by atoms with Crippen LogP contribution in [-0.4, -0.2) is 11.1 Å². The highest BCUT2D eigenvalue weighted by atomic mass is 35.5. The molecular formula is C16H15ClO3. The van der Waals surface area contributed by atoms with Crippen molar-refractivity contribution in [3.8, 4) is 11.5 Å². The van der Waals surface area contributed by atoms with Crippen molar-refractivity contribution in [3.63, 3.8) is 0 Å². The number of hydrogen-bond acceptors (Lipinski definition) is 2. The fraction of sp³-hybridized carbons (Fsp3) is 0.188. The van der Waals surface area contributed by atoms with E-state index in [4.69, 9.17) is 16.3 Å². The smallest absolute Gasteiger partial charge is 0.339 e. The predicted octanol–water partition coefficient (Wildman–Crippen LogP) is 4.76. The lowest BCUT2D eigenvalue weighted by molar-refractivity contribution is 0.0694. The number of carbonyl (C=O) groups is 1. The standard InChI is InChI=1S/C16H15ClO3/c1-9-4-5-10(2)15(11(9)3)20-14-8-12(17)6-7-13(14)16(18)19/h4-8H,1-3H3,(H,18,19). The van der Waals surface area contributed by atoms with Gasteiger partial charge in [-0.3, -0.25) is 0 Å². The van der Waals surface area contributed by atoms with E-state index < -0.39 is 5.97 Å². The quantitative estimate of drug-likeness (QED) is 0.887. The molecule has 2 aromatic rings. The predicted molar refractivity (Wildman–Crippen MR) is 79.1 cm³/mol. The zero-order chi connectivity index (χ0) is 14.9. The first-order valence-electron chi connectivity index (χ1n) is 6.17. The monoisotopic (exact) mass is 290 g/mol. The Labute approximate surface area is 122 Å². The summed E-state index contributed by atoms with van der Waals surface area (Å²) in [6.07, 6.45) is 0. The van der Waals surface area contributed by atoms with Gasteiger partial charge in [-0.1, -0.05) is 23.7 Å². The number of ether oxygens (including phenoxy) is 1. The molecule has 2 rings (SSSR count). The van der Waals surface area contributed by atoms with Crippen LogP contribution in [0.3, 0.4) is 0 Å². The third-order valence-electron chi connectivity index (χ3n) is 3.26. The summed E-state index contributed by atoms with van der Waals surface area (Å²) < 4.78 is 5.83. The Balaban J connectivity index is 2.53. The van der Waals surface area contributed by atoms with Gasteiger partial charge in [0.25, 0.3) is 0 Å². The fourth-order valence-electron chi connectivity index (χ4n) is 1.95. The first kappa shape index (κ1) is 14.4. The number of hydrogen-bond donors (Lipinski definition) is 1. The molecule has 0 fully saturated rings. The molecule has 0 amide bonds. The number of carboxylic acids is 1. The largest absolute Gasteiger partial charge is 0.478 e. The summed E-state index contributed by atoms with van der Waals surface area (Å²) in [6, 6.07) is 8.46. The normalized spacial score (nSPS) is 10.4. The van der Waals surface area contributed by atoms with Crippen LogP contribution in [0.15, 0.2) is 30.3 Å². The highest BCUT2D eigenvalue weighted by Crippen LogP contribution is 2.33. The van der Waals surface area contributed by atoms with Gasteiger partial charge in [0, 0.05) is 11.1 Å². The van der Waals surface area contributed by atoms with Gasteiger partial charge in [0.05, 0.1) is 0 Å². The van der Waals surface area contributed by atoms with Gasteiger partial charge in [-0.25, -0.2) is 4.79 Å². The Morgan fingerprint density at radius 3 is 2.40 bits per heavy atom. The molecule has 4 heteroatoms. The van der Waals surface area contributed by atoms with Crippen molar-refractivity contribution >= 4 is 17.6 Å². The van der Waals surface area contributed by atoms with E-state index in [0.29, 0.717) is 10.8 Å². The molecule has 104 valence electrons. The second-order valence-corrected chi connectivity index (χ2v) is 5.14. The van der Waals surface area contributed by atoms with Crippen LogP contribution < -0.4 is 4.74 Å². The van der Waals surface area contributed by atoms with E-state index in [-0.39, 0.29) is 11.3 Å². The van der Waals surface area contributed by atoms with Crippen molar-refractivity contribution in [2.24, 2.45) is 0 Å². The Bertz CT molecular complexity index is 678. The van der Waals surface area contributed by atoms with Crippen LogP contribution in [0.4, 0.5) is 0 Å². The first-order valence-corrected chi connectivity index (χ1v) is 6.55. The molecule has 0 saturated carbocycles. The molecule has 0 aromatic heterocycles. The number of aryl methyl sites for hydroxylation is 2. The minimum Gasteiger partial charge on any atom is -0.478 e. The van der Waals surface area contributed by atoms with Gasteiger partial charge in [0.2, 0.25) is 0 Å². The molecule has 0 heterocycles. The summed E-state index contributed by atoms with van der Waals surface area (Å²) in [5, 5.41) is 9.64. The van der Waals surface area contributed by atoms with Gasteiger partial charge in [-0.2, -0.15) is 0 Å². The molecule has 0 bridgehead atoms. The van der Waals surface area contributed by atoms with Crippen LogP contribution in [0.1, 0.15) is 27.0 Å². The van der Waals surface area contributed by atoms with Crippen LogP contribution in [-0.2, 0) is 0 Å². The van der Waals surface area contributed by atoms with Gasteiger partial charge in [-0.15, -0.1) is 0 Å². The van der Waals surface area contributed by atoms with E-state index in [0.717, 1.165) is 16.7 Å². The van der Waals surface area contributed by atoms with Gasteiger partial charge in [0.1, 0.15) is 17.1 Å². The lowest BCUT2D eigenvalue weighted by Gasteiger charge is -2.15. The van der Waals surface area contributed by atoms with Crippen LogP contribution in [0.25, 0.3) is 0 Å². The lowest BCUT2D eigenvalue weighted by atomic mass is 10.1. The molecule has 2 aromatic carbocycles. The van der Waals surface area contributed by atoms with E-state index in [1.54, 1.807) is 0 Å². The summed E-state index contributed by atoms with van der Waals surface area (Å²) in [4.78, 5) is 11.2. The second-order valence-electron chi connectivity index (χ2n) is 4.70. The van der Waals surface area contributed by atoms with Crippen LogP contribution in [0.2, 0.25) is 5.02 Å². The summed E-state index contributed by atoms with van der Waals surface area (Å²) in [5.74, 6) is -0.115. The summed E-state index contributed by atoms with van der Waals surface area (Å²) in [7, 11) is 0. The Morgan fingerprint density at radius 2 is 1.75 bits per heavy atom. The van der Waals surface area contributed by atoms with Crippen LogP contribution in [0.5, 0.6) is 11.5 Å². The number of rotatable bonds is 3. The third kappa shape index (κ3) is 2.78. The average molecular weight is 291 g/mol. The maximum absolute atomic E-state index is 11.2. The SMILES string of the molecule is Cc1ccc(C)c(Oc2cc(Cl)ccc2C(=O)O)c1C. The molecule has 0 radical (unpaired) electrons. The van der Waals surface area contributed by atoms with Crippen molar-refractivity contribution in [2.45, 2.75) is 20.8 Å². The second kappa shape index (κ2) is 5.55. The minimum absolute atomic E-state index is 0.0923. The van der Waals surface area contributed by atoms with Gasteiger partial charge in [-0.05, 0) is 49.6 Å². The van der Waals surface area contributed by atoms with E-state index in [2.05, 4.69) is 0 Å². The Morgan fingerprint density at radius 1 is 1.10 bits per heavy atom. The number of halogens is 1. The molecule has 0 aliphatic heterocycles. The van der Waals surface area contributed by atoms with Crippen molar-refractivity contribution in [2.75, 3.05) is 0 Å². The number of carboxylic acid groups (broad SMARTS) is 1. The minimum atomic E-state index is -1.04. The molecule has 0 spiro atoms. The van der Waals surface area contributed by atoms with Crippen molar-refractivity contribution in [3.05, 3.63) is 57.6 Å². The van der Waals surface area contributed by atoms with E-state index >= 15 is 0 Å². The molecule has 0 unspecified atom stereocenters. The van der Waals surface area contributed by atoms with E-state index in [9.17, 15) is 9.90 Å². The average Bonchev–Trinajstić information content (AvgIpc) is 2.39. The molecule has 1 N–H and O–H groups in total. The molecule has 0 saturated heterocycles. The summed E-state index contributed by atoms with van der Waals surface area (Å²) >= 11 is 5.93. The molecular weight excluding hydrogens is 276 g/mol. The van der Waals surface area contributed by atoms with Gasteiger partial charge < -0.3 is 9.84 Å². The van der Waals surface area contributed by atoms with Crippen molar-refractivity contribution in [1.29, 1.82) is 0 Å². The zero-order valence-electron chi connectivity index (χ0n) is 11.5. The van der Waals surface area contributed by atoms with Gasteiger partial charge in [0.15, 0.2) is 0 Å². The lowest BCUT2D eigenvalue weighted by Crippen LogP contribution is -2.01. The Kier molecular flexibility index (Phi) is 4.00. The van der Waals surface area contributed by atoms with Crippen LogP contribution >= 0.6 is 11.6 Å². The maximum atomic E-state index is 11.2. The maximum Gasteiger partial charge on any atom is 0.339 e. The topological polar surface area (TPSA) is 46.5 Å². The third-order valence-corrected chi connectivity index (χ3v) is 3.49. The fourth-order valence-corrected chi connectivity index (χ4v) is 2.11. The Hall–Kier alpha value is -2.00.